The predicted molar refractivity (Wildman–Crippen MR) is 81.8 cm³/mol. The molecule has 1 aromatic carbocycles. The molecule has 0 aliphatic carbocycles. The summed E-state index contributed by atoms with van der Waals surface area (Å²) < 4.78 is 0. The molecule has 2 nitrogen and oxygen atoms in total. The maximum absolute atomic E-state index is 6.04. The molecule has 0 atom stereocenters. The van der Waals surface area contributed by atoms with Gasteiger partial charge in [0.2, 0.25) is 0 Å². The molecule has 0 spiro atoms. The number of thioether (sulfide) groups is 1. The van der Waals surface area contributed by atoms with E-state index in [1.165, 1.54) is 10.5 Å². The van der Waals surface area contributed by atoms with Crippen molar-refractivity contribution in [3.63, 3.8) is 0 Å². The molecule has 0 amide bonds. The molecular formula is C15H17ClN2S. The van der Waals surface area contributed by atoms with Gasteiger partial charge in [-0.2, -0.15) is 0 Å². The van der Waals surface area contributed by atoms with E-state index in [9.17, 15) is 0 Å². The smallest absolute Gasteiger partial charge is 0.140 e. The summed E-state index contributed by atoms with van der Waals surface area (Å²) in [6.45, 7) is 4.25. The van der Waals surface area contributed by atoms with Crippen LogP contribution in [0.15, 0.2) is 35.2 Å². The van der Waals surface area contributed by atoms with E-state index < -0.39 is 0 Å². The minimum absolute atomic E-state index is 0.541. The Kier molecular flexibility index (Phi) is 5.23. The van der Waals surface area contributed by atoms with Crippen LogP contribution in [0.3, 0.4) is 0 Å². The van der Waals surface area contributed by atoms with Crippen LogP contribution in [-0.2, 0) is 12.2 Å². The summed E-state index contributed by atoms with van der Waals surface area (Å²) >= 11 is 7.79. The third-order valence-corrected chi connectivity index (χ3v) is 4.12. The van der Waals surface area contributed by atoms with E-state index in [0.717, 1.165) is 30.1 Å². The Morgan fingerprint density at radius 1 is 1.21 bits per heavy atom. The van der Waals surface area contributed by atoms with Gasteiger partial charge in [-0.3, -0.25) is 0 Å². The normalized spacial score (nSPS) is 10.7. The van der Waals surface area contributed by atoms with Crippen LogP contribution in [0.1, 0.15) is 30.4 Å². The van der Waals surface area contributed by atoms with E-state index in [1.807, 2.05) is 6.07 Å². The number of benzene rings is 1. The van der Waals surface area contributed by atoms with E-state index in [2.05, 4.69) is 48.1 Å². The van der Waals surface area contributed by atoms with Crippen LogP contribution >= 0.6 is 23.4 Å². The van der Waals surface area contributed by atoms with Crippen LogP contribution in [-0.4, -0.2) is 9.97 Å². The zero-order valence-electron chi connectivity index (χ0n) is 11.2. The topological polar surface area (TPSA) is 25.8 Å². The first-order valence-electron chi connectivity index (χ1n) is 6.40. The van der Waals surface area contributed by atoms with E-state index in [-0.39, 0.29) is 0 Å². The number of hydrogen-bond acceptors (Lipinski definition) is 3. The number of hydrogen-bond donors (Lipinski definition) is 0. The van der Waals surface area contributed by atoms with Gasteiger partial charge in [-0.1, -0.05) is 43.1 Å². The van der Waals surface area contributed by atoms with Crippen molar-refractivity contribution in [2.45, 2.75) is 37.3 Å². The lowest BCUT2D eigenvalue weighted by Gasteiger charge is -2.06. The van der Waals surface area contributed by atoms with Gasteiger partial charge in [-0.05, 0) is 31.0 Å². The Morgan fingerprint density at radius 2 is 2.00 bits per heavy atom. The highest BCUT2D eigenvalue weighted by atomic mass is 35.5. The second-order valence-electron chi connectivity index (χ2n) is 4.40. The molecule has 0 aliphatic heterocycles. The molecule has 0 unspecified atom stereocenters. The molecule has 1 heterocycles. The Labute approximate surface area is 123 Å². The standard InChI is InChI=1S/C15H17ClN2S/c1-3-6-12-9-14(16)18-15(17-12)10-19-13-8-5-4-7-11(13)2/h4-5,7-9H,3,6,10H2,1-2H3. The lowest BCUT2D eigenvalue weighted by Crippen LogP contribution is -1.98. The van der Waals surface area contributed by atoms with Crippen LogP contribution in [0.25, 0.3) is 0 Å². The molecule has 19 heavy (non-hydrogen) atoms. The third-order valence-electron chi connectivity index (χ3n) is 2.75. The van der Waals surface area contributed by atoms with Crippen LogP contribution in [0.2, 0.25) is 5.15 Å². The maximum atomic E-state index is 6.04. The zero-order valence-corrected chi connectivity index (χ0v) is 12.8. The van der Waals surface area contributed by atoms with Crippen molar-refractivity contribution in [3.8, 4) is 0 Å². The van der Waals surface area contributed by atoms with Gasteiger partial charge in [0.25, 0.3) is 0 Å². The summed E-state index contributed by atoms with van der Waals surface area (Å²) in [7, 11) is 0. The second kappa shape index (κ2) is 6.92. The maximum Gasteiger partial charge on any atom is 0.140 e. The minimum Gasteiger partial charge on any atom is -0.237 e. The quantitative estimate of drug-likeness (QED) is 0.591. The molecule has 1 aromatic heterocycles. The largest absolute Gasteiger partial charge is 0.237 e. The van der Waals surface area contributed by atoms with Crippen molar-refractivity contribution < 1.29 is 0 Å². The number of rotatable bonds is 5. The monoisotopic (exact) mass is 292 g/mol. The highest BCUT2D eigenvalue weighted by Gasteiger charge is 2.05. The zero-order chi connectivity index (χ0) is 13.7. The molecule has 0 saturated carbocycles. The Morgan fingerprint density at radius 3 is 2.74 bits per heavy atom. The van der Waals surface area contributed by atoms with Gasteiger partial charge in [0.15, 0.2) is 0 Å². The lowest BCUT2D eigenvalue weighted by molar-refractivity contribution is 0.853. The summed E-state index contributed by atoms with van der Waals surface area (Å²) in [5, 5.41) is 0.541. The molecule has 4 heteroatoms. The van der Waals surface area contributed by atoms with Gasteiger partial charge in [0, 0.05) is 10.6 Å². The molecule has 0 radical (unpaired) electrons. The predicted octanol–water partition coefficient (Wildman–Crippen LogP) is 4.68. The van der Waals surface area contributed by atoms with Crippen LogP contribution in [0.4, 0.5) is 0 Å². The fourth-order valence-corrected chi connectivity index (χ4v) is 2.93. The van der Waals surface area contributed by atoms with Crippen molar-refractivity contribution >= 4 is 23.4 Å². The number of aromatic nitrogens is 2. The summed E-state index contributed by atoms with van der Waals surface area (Å²) in [6, 6.07) is 10.2. The SMILES string of the molecule is CCCc1cc(Cl)nc(CSc2ccccc2C)n1. The number of nitrogens with zero attached hydrogens (tertiary/aromatic N) is 2. The third kappa shape index (κ3) is 4.22. The van der Waals surface area contributed by atoms with Crippen molar-refractivity contribution in [2.75, 3.05) is 0 Å². The van der Waals surface area contributed by atoms with Crippen molar-refractivity contribution in [3.05, 3.63) is 52.6 Å². The molecule has 0 fully saturated rings. The summed E-state index contributed by atoms with van der Waals surface area (Å²) in [5.74, 6) is 1.56. The van der Waals surface area contributed by atoms with Gasteiger partial charge in [0.1, 0.15) is 11.0 Å². The van der Waals surface area contributed by atoms with Gasteiger partial charge in [-0.25, -0.2) is 9.97 Å². The average Bonchev–Trinajstić information content (AvgIpc) is 2.37. The van der Waals surface area contributed by atoms with E-state index in [4.69, 9.17) is 11.6 Å². The average molecular weight is 293 g/mol. The van der Waals surface area contributed by atoms with Crippen molar-refractivity contribution in [2.24, 2.45) is 0 Å². The number of aryl methyl sites for hydroxylation is 2. The summed E-state index contributed by atoms with van der Waals surface area (Å²) in [6.07, 6.45) is 2.02. The molecule has 0 bridgehead atoms. The highest BCUT2D eigenvalue weighted by Crippen LogP contribution is 2.25. The van der Waals surface area contributed by atoms with Crippen LogP contribution in [0.5, 0.6) is 0 Å². The second-order valence-corrected chi connectivity index (χ2v) is 5.81. The van der Waals surface area contributed by atoms with Gasteiger partial charge in [0.05, 0.1) is 5.75 Å². The van der Waals surface area contributed by atoms with Gasteiger partial charge in [-0.15, -0.1) is 11.8 Å². The fraction of sp³-hybridized carbons (Fsp3) is 0.333. The molecule has 2 aromatic rings. The lowest BCUT2D eigenvalue weighted by atomic mass is 10.2. The van der Waals surface area contributed by atoms with Crippen molar-refractivity contribution in [1.82, 2.24) is 9.97 Å². The van der Waals surface area contributed by atoms with Gasteiger partial charge < -0.3 is 0 Å². The summed E-state index contributed by atoms with van der Waals surface area (Å²) in [4.78, 5) is 10.1. The first kappa shape index (κ1) is 14.4. The van der Waals surface area contributed by atoms with Crippen molar-refractivity contribution in [1.29, 1.82) is 0 Å². The molecule has 100 valence electrons. The van der Waals surface area contributed by atoms with E-state index in [0.29, 0.717) is 5.15 Å². The molecular weight excluding hydrogens is 276 g/mol. The first-order valence-corrected chi connectivity index (χ1v) is 7.76. The Bertz CT molecular complexity index is 558. The summed E-state index contributed by atoms with van der Waals surface area (Å²) in [5.41, 5.74) is 2.31. The molecule has 0 saturated heterocycles. The van der Waals surface area contributed by atoms with Crippen LogP contribution in [0, 0.1) is 6.92 Å². The van der Waals surface area contributed by atoms with E-state index in [1.54, 1.807) is 11.8 Å². The highest BCUT2D eigenvalue weighted by molar-refractivity contribution is 7.98. The molecule has 0 N–H and O–H groups in total. The molecule has 2 rings (SSSR count). The Balaban J connectivity index is 2.09. The van der Waals surface area contributed by atoms with Crippen LogP contribution < -0.4 is 0 Å². The fourth-order valence-electron chi connectivity index (χ4n) is 1.83. The van der Waals surface area contributed by atoms with Gasteiger partial charge >= 0.3 is 0 Å². The number of halogens is 1. The first-order chi connectivity index (χ1) is 9.19. The Hall–Kier alpha value is -1.06. The van der Waals surface area contributed by atoms with E-state index >= 15 is 0 Å². The molecule has 0 aliphatic rings. The minimum atomic E-state index is 0.541.